The lowest BCUT2D eigenvalue weighted by molar-refractivity contribution is -0.140. The molecule has 176 valence electrons. The third-order valence-electron chi connectivity index (χ3n) is 5.26. The van der Waals surface area contributed by atoms with Crippen LogP contribution in [0.25, 0.3) is 0 Å². The third kappa shape index (κ3) is 6.03. The average Bonchev–Trinajstić information content (AvgIpc) is 2.75. The number of hydrogen-bond donors (Lipinski definition) is 2. The zero-order valence-electron chi connectivity index (χ0n) is 19.8. The number of esters is 1. The summed E-state index contributed by atoms with van der Waals surface area (Å²) in [7, 11) is 0. The van der Waals surface area contributed by atoms with E-state index in [2.05, 4.69) is 10.6 Å². The predicted molar refractivity (Wildman–Crippen MR) is 126 cm³/mol. The molecule has 1 heterocycles. The Hall–Kier alpha value is -2.54. The number of urea groups is 1. The molecule has 0 saturated carbocycles. The van der Waals surface area contributed by atoms with Crippen molar-refractivity contribution in [2.24, 2.45) is 11.3 Å². The lowest BCUT2D eigenvalue weighted by Gasteiger charge is -2.35. The summed E-state index contributed by atoms with van der Waals surface area (Å²) in [6, 6.07) is 6.16. The molecule has 1 unspecified atom stereocenters. The van der Waals surface area contributed by atoms with Crippen LogP contribution in [0.15, 0.2) is 35.5 Å². The van der Waals surface area contributed by atoms with Crippen LogP contribution in [0.3, 0.4) is 0 Å². The minimum atomic E-state index is -0.701. The molecule has 7 nitrogen and oxygen atoms in total. The van der Waals surface area contributed by atoms with Crippen molar-refractivity contribution in [2.45, 2.75) is 54.0 Å². The van der Waals surface area contributed by atoms with Crippen molar-refractivity contribution in [3.8, 4) is 0 Å². The minimum absolute atomic E-state index is 0.185. The lowest BCUT2D eigenvalue weighted by Crippen LogP contribution is -2.48. The van der Waals surface area contributed by atoms with E-state index in [4.69, 9.17) is 16.3 Å². The number of allylic oxidation sites excluding steroid dienone is 1. The van der Waals surface area contributed by atoms with Gasteiger partial charge in [-0.15, -0.1) is 11.6 Å². The highest BCUT2D eigenvalue weighted by Gasteiger charge is 2.36. The Balaban J connectivity index is 2.35. The zero-order valence-corrected chi connectivity index (χ0v) is 20.5. The first-order valence-corrected chi connectivity index (χ1v) is 11.5. The number of nitrogens with one attached hydrogen (secondary N) is 2. The van der Waals surface area contributed by atoms with E-state index in [1.165, 1.54) is 0 Å². The number of nitrogens with zero attached hydrogens (tertiary/aromatic N) is 1. The Kier molecular flexibility index (Phi) is 8.73. The lowest BCUT2D eigenvalue weighted by atomic mass is 9.93. The van der Waals surface area contributed by atoms with Crippen LogP contribution in [-0.2, 0) is 14.3 Å². The van der Waals surface area contributed by atoms with Gasteiger partial charge in [-0.2, -0.15) is 0 Å². The Labute approximate surface area is 195 Å². The number of halogens is 1. The second-order valence-corrected chi connectivity index (χ2v) is 9.39. The van der Waals surface area contributed by atoms with Crippen LogP contribution in [0.1, 0.15) is 59.6 Å². The molecule has 0 fully saturated rings. The van der Waals surface area contributed by atoms with E-state index >= 15 is 0 Å². The number of carbonyl (C=O) groups is 3. The van der Waals surface area contributed by atoms with Gasteiger partial charge in [0.05, 0.1) is 23.6 Å². The maximum Gasteiger partial charge on any atom is 0.338 e. The molecule has 0 aliphatic carbocycles. The van der Waals surface area contributed by atoms with E-state index in [-0.39, 0.29) is 23.7 Å². The van der Waals surface area contributed by atoms with Crippen molar-refractivity contribution in [2.75, 3.05) is 24.3 Å². The van der Waals surface area contributed by atoms with Crippen LogP contribution < -0.4 is 10.6 Å². The van der Waals surface area contributed by atoms with Gasteiger partial charge in [-0.25, -0.2) is 9.59 Å². The zero-order chi connectivity index (χ0) is 24.1. The number of hydrogen-bond acceptors (Lipinski definition) is 4. The minimum Gasteiger partial charge on any atom is -0.462 e. The second kappa shape index (κ2) is 10.9. The summed E-state index contributed by atoms with van der Waals surface area (Å²) in [6.45, 7) is 12.0. The van der Waals surface area contributed by atoms with E-state index in [0.29, 0.717) is 30.1 Å². The van der Waals surface area contributed by atoms with Gasteiger partial charge in [-0.3, -0.25) is 9.69 Å². The molecule has 0 saturated heterocycles. The molecule has 1 aliphatic heterocycles. The number of carbonyl (C=O) groups excluding carboxylic acids is 3. The molecule has 3 amide bonds. The Morgan fingerprint density at radius 3 is 2.41 bits per heavy atom. The molecule has 1 aromatic rings. The van der Waals surface area contributed by atoms with Gasteiger partial charge in [0.1, 0.15) is 0 Å². The van der Waals surface area contributed by atoms with Gasteiger partial charge in [0.25, 0.3) is 0 Å². The largest absolute Gasteiger partial charge is 0.462 e. The van der Waals surface area contributed by atoms with Gasteiger partial charge in [-0.05, 0) is 50.8 Å². The van der Waals surface area contributed by atoms with E-state index in [9.17, 15) is 14.4 Å². The summed E-state index contributed by atoms with van der Waals surface area (Å²) < 4.78 is 5.51. The number of amides is 3. The Bertz CT molecular complexity index is 878. The van der Waals surface area contributed by atoms with Gasteiger partial charge in [-0.1, -0.05) is 32.9 Å². The number of anilines is 1. The fourth-order valence-electron chi connectivity index (χ4n) is 3.23. The predicted octanol–water partition coefficient (Wildman–Crippen LogP) is 4.84. The number of ether oxygens (including phenoxy) is 1. The summed E-state index contributed by atoms with van der Waals surface area (Å²) in [5.41, 5.74) is 1.64. The summed E-state index contributed by atoms with van der Waals surface area (Å²) in [6.07, 6.45) is 0.761. The molecule has 1 atom stereocenters. The first kappa shape index (κ1) is 25.7. The molecule has 0 bridgehead atoms. The molecular weight excluding hydrogens is 430 g/mol. The topological polar surface area (TPSA) is 87.7 Å². The van der Waals surface area contributed by atoms with Crippen molar-refractivity contribution in [3.05, 3.63) is 41.1 Å². The highest BCUT2D eigenvalue weighted by atomic mass is 35.5. The van der Waals surface area contributed by atoms with Crippen molar-refractivity contribution >= 4 is 35.2 Å². The average molecular weight is 464 g/mol. The van der Waals surface area contributed by atoms with E-state index in [0.717, 1.165) is 12.0 Å². The standard InChI is InChI=1S/C24H34ClN3O4/c1-7-12-28-16(4)19(21(29)32-13-15(2)3)20(27-23(28)31)17-8-10-18(11-9-17)26-22(30)24(5,6)14-25/h8-11,15,20H,7,12-14H2,1-6H3,(H,26,30)(H,27,31). The van der Waals surface area contributed by atoms with Crippen molar-refractivity contribution in [3.63, 3.8) is 0 Å². The highest BCUT2D eigenvalue weighted by molar-refractivity contribution is 6.20. The fraction of sp³-hybridized carbons (Fsp3) is 0.542. The van der Waals surface area contributed by atoms with Crippen LogP contribution in [0.4, 0.5) is 10.5 Å². The van der Waals surface area contributed by atoms with Crippen molar-refractivity contribution < 1.29 is 19.1 Å². The Morgan fingerprint density at radius 1 is 1.25 bits per heavy atom. The van der Waals surface area contributed by atoms with Crippen LogP contribution in [0.5, 0.6) is 0 Å². The molecule has 2 N–H and O–H groups in total. The molecule has 1 aromatic carbocycles. The van der Waals surface area contributed by atoms with Crippen LogP contribution >= 0.6 is 11.6 Å². The van der Waals surface area contributed by atoms with Gasteiger partial charge >= 0.3 is 12.0 Å². The molecule has 2 rings (SSSR count). The number of benzene rings is 1. The molecule has 1 aliphatic rings. The van der Waals surface area contributed by atoms with Gasteiger partial charge in [0.15, 0.2) is 0 Å². The van der Waals surface area contributed by atoms with E-state index < -0.39 is 17.4 Å². The van der Waals surface area contributed by atoms with Gasteiger partial charge in [0, 0.05) is 23.8 Å². The monoisotopic (exact) mass is 463 g/mol. The smallest absolute Gasteiger partial charge is 0.338 e. The maximum atomic E-state index is 13.0. The van der Waals surface area contributed by atoms with Gasteiger partial charge < -0.3 is 15.4 Å². The highest BCUT2D eigenvalue weighted by Crippen LogP contribution is 2.32. The number of alkyl halides is 1. The number of rotatable bonds is 9. The molecule has 0 aromatic heterocycles. The summed E-state index contributed by atoms with van der Waals surface area (Å²) in [4.78, 5) is 39.7. The summed E-state index contributed by atoms with van der Waals surface area (Å²) in [5, 5.41) is 5.78. The van der Waals surface area contributed by atoms with Crippen LogP contribution in [0, 0.1) is 11.3 Å². The van der Waals surface area contributed by atoms with E-state index in [1.54, 1.807) is 49.9 Å². The first-order valence-electron chi connectivity index (χ1n) is 10.9. The van der Waals surface area contributed by atoms with Crippen molar-refractivity contribution in [1.29, 1.82) is 0 Å². The van der Waals surface area contributed by atoms with E-state index in [1.807, 2.05) is 20.8 Å². The molecule has 32 heavy (non-hydrogen) atoms. The summed E-state index contributed by atoms with van der Waals surface area (Å²) in [5.74, 6) is -0.229. The SMILES string of the molecule is CCCN1C(=O)NC(c2ccc(NC(=O)C(C)(C)CCl)cc2)C(C(=O)OCC(C)C)=C1C. The normalized spacial score (nSPS) is 16.8. The quantitative estimate of drug-likeness (QED) is 0.405. The van der Waals surface area contributed by atoms with Gasteiger partial charge in [0.2, 0.25) is 5.91 Å². The second-order valence-electron chi connectivity index (χ2n) is 9.12. The Morgan fingerprint density at radius 2 is 1.88 bits per heavy atom. The van der Waals surface area contributed by atoms with Crippen LogP contribution in [-0.4, -0.2) is 41.8 Å². The first-order chi connectivity index (χ1) is 15.0. The van der Waals surface area contributed by atoms with Crippen LogP contribution in [0.2, 0.25) is 0 Å². The van der Waals surface area contributed by atoms with Crippen molar-refractivity contribution in [1.82, 2.24) is 10.2 Å². The fourth-order valence-corrected chi connectivity index (χ4v) is 3.35. The molecule has 0 radical (unpaired) electrons. The maximum absolute atomic E-state index is 13.0. The molecular formula is C24H34ClN3O4. The third-order valence-corrected chi connectivity index (χ3v) is 5.93. The summed E-state index contributed by atoms with van der Waals surface area (Å²) >= 11 is 5.88. The molecule has 0 spiro atoms. The molecule has 8 heteroatoms.